The van der Waals surface area contributed by atoms with Crippen molar-refractivity contribution in [3.05, 3.63) is 41.7 Å². The fraction of sp³-hybridized carbons (Fsp3) is 0.421. The number of rotatable bonds is 7. The van der Waals surface area contributed by atoms with E-state index < -0.39 is 0 Å². The quantitative estimate of drug-likeness (QED) is 0.586. The molecule has 0 spiro atoms. The highest BCUT2D eigenvalue weighted by atomic mass is 16.5. The Morgan fingerprint density at radius 3 is 2.42 bits per heavy atom. The van der Waals surface area contributed by atoms with Gasteiger partial charge in [-0.15, -0.1) is 0 Å². The first-order valence-electron chi connectivity index (χ1n) is 8.53. The number of nitrogens with one attached hydrogen (secondary N) is 1. The van der Waals surface area contributed by atoms with Crippen LogP contribution in [0.2, 0.25) is 0 Å². The number of aromatic hydroxyl groups is 1. The summed E-state index contributed by atoms with van der Waals surface area (Å²) in [5, 5.41) is 13.3. The maximum atomic E-state index is 10.0. The van der Waals surface area contributed by atoms with Gasteiger partial charge in [-0.05, 0) is 36.8 Å². The molecule has 26 heavy (non-hydrogen) atoms. The Hall–Kier alpha value is -2.83. The van der Waals surface area contributed by atoms with Crippen molar-refractivity contribution < 1.29 is 14.6 Å². The average molecular weight is 360 g/mol. The van der Waals surface area contributed by atoms with Crippen LogP contribution in [0.25, 0.3) is 0 Å². The molecule has 7 nitrogen and oxygen atoms in total. The largest absolute Gasteiger partial charge is 0.502 e. The highest BCUT2D eigenvalue weighted by Crippen LogP contribution is 2.37. The molecule has 0 bridgehead atoms. The Morgan fingerprint density at radius 1 is 1.27 bits per heavy atom. The van der Waals surface area contributed by atoms with Gasteiger partial charge in [0.05, 0.1) is 27.3 Å². The number of methoxy groups -OCH3 is 2. The Kier molecular flexibility index (Phi) is 6.77. The molecule has 1 aromatic carbocycles. The van der Waals surface area contributed by atoms with Crippen molar-refractivity contribution >= 4 is 5.96 Å². The highest BCUT2D eigenvalue weighted by molar-refractivity contribution is 5.79. The van der Waals surface area contributed by atoms with Crippen LogP contribution in [0, 0.1) is 0 Å². The van der Waals surface area contributed by atoms with Crippen LogP contribution in [0.1, 0.15) is 18.2 Å². The molecule has 0 aliphatic heterocycles. The van der Waals surface area contributed by atoms with Gasteiger partial charge in [-0.25, -0.2) is 4.99 Å². The van der Waals surface area contributed by atoms with Gasteiger partial charge >= 0.3 is 0 Å². The van der Waals surface area contributed by atoms with E-state index in [4.69, 9.17) is 14.5 Å². The van der Waals surface area contributed by atoms with Crippen LogP contribution in [0.4, 0.5) is 0 Å². The summed E-state index contributed by atoms with van der Waals surface area (Å²) in [6, 6.07) is 7.65. The lowest BCUT2D eigenvalue weighted by molar-refractivity contribution is 0.339. The van der Waals surface area contributed by atoms with E-state index in [2.05, 4.69) is 20.9 Å². The van der Waals surface area contributed by atoms with Crippen molar-refractivity contribution in [1.82, 2.24) is 14.8 Å². The van der Waals surface area contributed by atoms with E-state index in [-0.39, 0.29) is 5.75 Å². The number of hydrogen-bond acceptors (Lipinski definition) is 4. The molecule has 0 atom stereocenters. The second kappa shape index (κ2) is 9.03. The van der Waals surface area contributed by atoms with Crippen LogP contribution in [-0.2, 0) is 20.1 Å². The molecular formula is C19H28N4O3. The number of phenols is 1. The van der Waals surface area contributed by atoms with Crippen LogP contribution in [0.15, 0.2) is 35.5 Å². The Balaban J connectivity index is 2.19. The monoisotopic (exact) mass is 360 g/mol. The topological polar surface area (TPSA) is 71.2 Å². The number of aryl methyl sites for hydroxylation is 1. The number of aromatic nitrogens is 1. The van der Waals surface area contributed by atoms with Gasteiger partial charge in [0.2, 0.25) is 5.75 Å². The first-order valence-corrected chi connectivity index (χ1v) is 8.53. The predicted octanol–water partition coefficient (Wildman–Crippen LogP) is 2.35. The normalized spacial score (nSPS) is 11.3. The second-order valence-corrected chi connectivity index (χ2v) is 5.99. The minimum Gasteiger partial charge on any atom is -0.502 e. The van der Waals surface area contributed by atoms with Crippen LogP contribution in [0.5, 0.6) is 17.2 Å². The van der Waals surface area contributed by atoms with Crippen molar-refractivity contribution in [2.45, 2.75) is 20.0 Å². The molecule has 7 heteroatoms. The minimum atomic E-state index is -0.00420. The van der Waals surface area contributed by atoms with Crippen molar-refractivity contribution in [3.63, 3.8) is 0 Å². The van der Waals surface area contributed by atoms with Crippen molar-refractivity contribution in [1.29, 1.82) is 0 Å². The predicted molar refractivity (Wildman–Crippen MR) is 103 cm³/mol. The van der Waals surface area contributed by atoms with Gasteiger partial charge in [0.15, 0.2) is 17.5 Å². The summed E-state index contributed by atoms with van der Waals surface area (Å²) in [7, 11) is 7.06. The van der Waals surface area contributed by atoms with Crippen LogP contribution < -0.4 is 14.8 Å². The number of hydrogen-bond donors (Lipinski definition) is 2. The lowest BCUT2D eigenvalue weighted by Crippen LogP contribution is -2.38. The first-order chi connectivity index (χ1) is 12.5. The van der Waals surface area contributed by atoms with Gasteiger partial charge in [-0.2, -0.15) is 0 Å². The molecule has 2 rings (SSSR count). The SMILES string of the molecule is CCNC(=NCc1cc(OC)c(O)c(OC)c1)N(C)Cc1cccn1C. The van der Waals surface area contributed by atoms with E-state index in [9.17, 15) is 5.11 Å². The first kappa shape index (κ1) is 19.5. The van der Waals surface area contributed by atoms with Crippen molar-refractivity contribution in [2.24, 2.45) is 12.0 Å². The lowest BCUT2D eigenvalue weighted by Gasteiger charge is -2.22. The molecule has 0 amide bonds. The molecule has 142 valence electrons. The second-order valence-electron chi connectivity index (χ2n) is 5.99. The minimum absolute atomic E-state index is 0.00420. The third-order valence-electron chi connectivity index (χ3n) is 4.10. The van der Waals surface area contributed by atoms with Crippen LogP contribution >= 0.6 is 0 Å². The molecule has 1 aromatic heterocycles. The molecule has 1 heterocycles. The standard InChI is InChI=1S/C19H28N4O3/c1-6-20-19(23(3)13-15-8-7-9-22(15)2)21-12-14-10-16(25-4)18(24)17(11-14)26-5/h7-11,24H,6,12-13H2,1-5H3,(H,20,21). The average Bonchev–Trinajstić information content (AvgIpc) is 3.04. The maximum absolute atomic E-state index is 10.0. The molecule has 2 N–H and O–H groups in total. The van der Waals surface area contributed by atoms with Gasteiger partial charge in [0.25, 0.3) is 0 Å². The lowest BCUT2D eigenvalue weighted by atomic mass is 10.2. The van der Waals surface area contributed by atoms with E-state index >= 15 is 0 Å². The smallest absolute Gasteiger partial charge is 0.200 e. The molecule has 0 aliphatic carbocycles. The summed E-state index contributed by atoms with van der Waals surface area (Å²) < 4.78 is 12.5. The van der Waals surface area contributed by atoms with Crippen LogP contribution in [-0.4, -0.2) is 48.3 Å². The van der Waals surface area contributed by atoms with E-state index in [0.29, 0.717) is 18.0 Å². The number of nitrogens with zero attached hydrogens (tertiary/aromatic N) is 3. The number of phenolic OH excluding ortho intramolecular Hbond substituents is 1. The Morgan fingerprint density at radius 2 is 1.92 bits per heavy atom. The molecule has 0 radical (unpaired) electrons. The summed E-state index contributed by atoms with van der Waals surface area (Å²) in [6.45, 7) is 4.00. The van der Waals surface area contributed by atoms with Crippen LogP contribution in [0.3, 0.4) is 0 Å². The molecule has 0 unspecified atom stereocenters. The Labute approximate surface area is 154 Å². The van der Waals surface area contributed by atoms with Gasteiger partial charge in [0, 0.05) is 32.5 Å². The summed E-state index contributed by atoms with van der Waals surface area (Å²) >= 11 is 0. The van der Waals surface area contributed by atoms with E-state index in [1.807, 2.05) is 33.3 Å². The fourth-order valence-corrected chi connectivity index (χ4v) is 2.65. The number of aliphatic imine (C=N–C) groups is 1. The van der Waals surface area contributed by atoms with E-state index in [0.717, 1.165) is 24.6 Å². The molecule has 2 aromatic rings. The number of benzene rings is 1. The molecule has 0 aliphatic rings. The number of guanidine groups is 1. The van der Waals surface area contributed by atoms with Gasteiger partial charge < -0.3 is 29.4 Å². The van der Waals surface area contributed by atoms with Crippen molar-refractivity contribution in [3.8, 4) is 17.2 Å². The summed E-state index contributed by atoms with van der Waals surface area (Å²) in [5.74, 6) is 1.55. The summed E-state index contributed by atoms with van der Waals surface area (Å²) in [5.41, 5.74) is 2.09. The Bertz CT molecular complexity index is 730. The van der Waals surface area contributed by atoms with Gasteiger partial charge in [-0.1, -0.05) is 0 Å². The molecule has 0 saturated heterocycles. The molecule has 0 fully saturated rings. The molecular weight excluding hydrogens is 332 g/mol. The maximum Gasteiger partial charge on any atom is 0.200 e. The third kappa shape index (κ3) is 4.62. The zero-order valence-electron chi connectivity index (χ0n) is 16.1. The zero-order chi connectivity index (χ0) is 19.1. The highest BCUT2D eigenvalue weighted by Gasteiger charge is 2.12. The number of ether oxygens (including phenoxy) is 2. The van der Waals surface area contributed by atoms with E-state index in [1.54, 1.807) is 12.1 Å². The van der Waals surface area contributed by atoms with Gasteiger partial charge in [-0.3, -0.25) is 0 Å². The third-order valence-corrected chi connectivity index (χ3v) is 4.10. The zero-order valence-corrected chi connectivity index (χ0v) is 16.1. The van der Waals surface area contributed by atoms with Gasteiger partial charge in [0.1, 0.15) is 0 Å². The molecule has 0 saturated carbocycles. The van der Waals surface area contributed by atoms with E-state index in [1.165, 1.54) is 19.9 Å². The fourth-order valence-electron chi connectivity index (χ4n) is 2.65. The summed E-state index contributed by atoms with van der Waals surface area (Å²) in [4.78, 5) is 6.78. The van der Waals surface area contributed by atoms with Crippen molar-refractivity contribution in [2.75, 3.05) is 27.8 Å². The summed E-state index contributed by atoms with van der Waals surface area (Å²) in [6.07, 6.45) is 2.03.